The van der Waals surface area contributed by atoms with Gasteiger partial charge in [-0.2, -0.15) is 0 Å². The Balaban J connectivity index is 1.41. The smallest absolute Gasteiger partial charge is 0.257 e. The molecule has 0 atom stereocenters. The average molecular weight is 456 g/mol. The van der Waals surface area contributed by atoms with Crippen molar-refractivity contribution < 1.29 is 4.79 Å². The van der Waals surface area contributed by atoms with Crippen molar-refractivity contribution in [2.75, 3.05) is 5.32 Å². The van der Waals surface area contributed by atoms with E-state index in [9.17, 15) is 4.79 Å². The summed E-state index contributed by atoms with van der Waals surface area (Å²) in [4.78, 5) is 23.1. The summed E-state index contributed by atoms with van der Waals surface area (Å²) in [6.07, 6.45) is 1.95. The van der Waals surface area contributed by atoms with Gasteiger partial charge in [-0.3, -0.25) is 10.1 Å². The van der Waals surface area contributed by atoms with Crippen LogP contribution in [0.3, 0.4) is 0 Å². The second-order valence-corrected chi connectivity index (χ2v) is 9.44. The molecule has 0 saturated carbocycles. The van der Waals surface area contributed by atoms with Crippen molar-refractivity contribution in [3.05, 3.63) is 88.7 Å². The van der Waals surface area contributed by atoms with E-state index < -0.39 is 0 Å². The fourth-order valence-corrected chi connectivity index (χ4v) is 5.44. The first-order valence-electron chi connectivity index (χ1n) is 10.5. The summed E-state index contributed by atoms with van der Waals surface area (Å²) in [6, 6.07) is 24.4. The molecule has 1 N–H and O–H groups in total. The van der Waals surface area contributed by atoms with Crippen molar-refractivity contribution in [1.29, 1.82) is 0 Å². The Hall–Kier alpha value is -3.35. The van der Waals surface area contributed by atoms with Crippen LogP contribution in [0.1, 0.15) is 28.6 Å². The number of hydrogen-bond donors (Lipinski definition) is 1. The van der Waals surface area contributed by atoms with Crippen LogP contribution in [0.25, 0.3) is 32.6 Å². The third-order valence-electron chi connectivity index (χ3n) is 5.25. The number of thiazole rings is 2. The predicted molar refractivity (Wildman–Crippen MR) is 135 cm³/mol. The lowest BCUT2D eigenvalue weighted by Crippen LogP contribution is -2.11. The molecular weight excluding hydrogens is 434 g/mol. The van der Waals surface area contributed by atoms with E-state index in [1.165, 1.54) is 27.3 Å². The number of carbonyl (C=O) groups is 1. The van der Waals surface area contributed by atoms with E-state index in [1.54, 1.807) is 22.9 Å². The number of aromatic nitrogens is 2. The van der Waals surface area contributed by atoms with Crippen molar-refractivity contribution in [3.63, 3.8) is 0 Å². The number of nitrogens with zero attached hydrogens (tertiary/aromatic N) is 2. The number of amides is 1. The average Bonchev–Trinajstić information content (AvgIpc) is 3.46. The first kappa shape index (κ1) is 20.5. The zero-order valence-electron chi connectivity index (χ0n) is 17.5. The number of hydrogen-bond acceptors (Lipinski definition) is 5. The van der Waals surface area contributed by atoms with Crippen LogP contribution in [0.2, 0.25) is 0 Å². The molecule has 2 heterocycles. The maximum atomic E-state index is 12.8. The molecule has 158 valence electrons. The van der Waals surface area contributed by atoms with Gasteiger partial charge in [0.15, 0.2) is 5.13 Å². The molecule has 3 aromatic carbocycles. The third-order valence-corrected chi connectivity index (χ3v) is 7.08. The molecule has 0 spiro atoms. The molecule has 0 aliphatic rings. The zero-order valence-corrected chi connectivity index (χ0v) is 19.2. The Bertz CT molecular complexity index is 1370. The largest absolute Gasteiger partial charge is 0.298 e. The second kappa shape index (κ2) is 9.02. The van der Waals surface area contributed by atoms with E-state index in [-0.39, 0.29) is 5.91 Å². The van der Waals surface area contributed by atoms with Crippen LogP contribution in [0.15, 0.2) is 78.3 Å². The van der Waals surface area contributed by atoms with E-state index in [1.807, 2.05) is 30.3 Å². The van der Waals surface area contributed by atoms with Crippen LogP contribution in [0.5, 0.6) is 0 Å². The van der Waals surface area contributed by atoms with Crippen LogP contribution in [-0.4, -0.2) is 15.9 Å². The topological polar surface area (TPSA) is 54.9 Å². The molecule has 4 nitrogen and oxygen atoms in total. The number of nitrogens with one attached hydrogen (secondary N) is 1. The van der Waals surface area contributed by atoms with Gasteiger partial charge in [0, 0.05) is 16.0 Å². The van der Waals surface area contributed by atoms with Crippen molar-refractivity contribution in [1.82, 2.24) is 9.97 Å². The highest BCUT2D eigenvalue weighted by Gasteiger charge is 2.16. The van der Waals surface area contributed by atoms with Gasteiger partial charge in [0.05, 0.1) is 21.4 Å². The van der Waals surface area contributed by atoms with E-state index in [0.717, 1.165) is 34.3 Å². The minimum atomic E-state index is -0.150. The monoisotopic (exact) mass is 455 g/mol. The number of fused-ring (bicyclic) bond motifs is 1. The first-order chi connectivity index (χ1) is 15.7. The lowest BCUT2D eigenvalue weighted by molar-refractivity contribution is 0.102. The van der Waals surface area contributed by atoms with Gasteiger partial charge in [0.2, 0.25) is 0 Å². The molecule has 0 bridgehead atoms. The molecular formula is C26H21N3OS2. The van der Waals surface area contributed by atoms with E-state index in [2.05, 4.69) is 53.6 Å². The van der Waals surface area contributed by atoms with Gasteiger partial charge in [-0.15, -0.1) is 22.7 Å². The van der Waals surface area contributed by atoms with Gasteiger partial charge in [0.1, 0.15) is 0 Å². The number of benzene rings is 3. The summed E-state index contributed by atoms with van der Waals surface area (Å²) in [6.45, 7) is 2.16. The highest BCUT2D eigenvalue weighted by atomic mass is 32.1. The molecule has 0 aliphatic heterocycles. The Morgan fingerprint density at radius 2 is 1.69 bits per heavy atom. The van der Waals surface area contributed by atoms with Crippen molar-refractivity contribution >= 4 is 43.9 Å². The second-order valence-electron chi connectivity index (χ2n) is 7.47. The number of aryl methyl sites for hydroxylation is 1. The highest BCUT2D eigenvalue weighted by Crippen LogP contribution is 2.33. The minimum Gasteiger partial charge on any atom is -0.298 e. The van der Waals surface area contributed by atoms with Crippen LogP contribution >= 0.6 is 22.7 Å². The SMILES string of the molecule is CCCc1sc(NC(=O)c2ccc3ncsc3c2)nc1-c1ccc(-c2ccccc2)cc1. The third kappa shape index (κ3) is 4.20. The molecule has 0 fully saturated rings. The molecule has 32 heavy (non-hydrogen) atoms. The quantitative estimate of drug-likeness (QED) is 0.292. The molecule has 2 aromatic heterocycles. The van der Waals surface area contributed by atoms with Gasteiger partial charge in [-0.25, -0.2) is 9.97 Å². The van der Waals surface area contributed by atoms with Gasteiger partial charge in [0.25, 0.3) is 5.91 Å². The minimum absolute atomic E-state index is 0.150. The number of rotatable bonds is 6. The molecule has 0 saturated heterocycles. The Kier molecular flexibility index (Phi) is 5.79. The van der Waals surface area contributed by atoms with E-state index in [4.69, 9.17) is 4.98 Å². The van der Waals surface area contributed by atoms with E-state index in [0.29, 0.717) is 10.7 Å². The highest BCUT2D eigenvalue weighted by molar-refractivity contribution is 7.17. The number of carbonyl (C=O) groups excluding carboxylic acids is 1. The molecule has 5 aromatic rings. The summed E-state index contributed by atoms with van der Waals surface area (Å²) < 4.78 is 1.00. The summed E-state index contributed by atoms with van der Waals surface area (Å²) in [5, 5.41) is 3.62. The summed E-state index contributed by atoms with van der Waals surface area (Å²) in [5.41, 5.74) is 7.70. The Morgan fingerprint density at radius 1 is 0.938 bits per heavy atom. The maximum Gasteiger partial charge on any atom is 0.257 e. The van der Waals surface area contributed by atoms with E-state index >= 15 is 0 Å². The lowest BCUT2D eigenvalue weighted by atomic mass is 10.0. The first-order valence-corrected chi connectivity index (χ1v) is 12.2. The Labute approximate surface area is 194 Å². The van der Waals surface area contributed by atoms with Crippen LogP contribution in [-0.2, 0) is 6.42 Å². The van der Waals surface area contributed by atoms with Crippen LogP contribution < -0.4 is 5.32 Å². The fraction of sp³-hybridized carbons (Fsp3) is 0.115. The molecule has 0 radical (unpaired) electrons. The van der Waals surface area contributed by atoms with Crippen molar-refractivity contribution in [3.8, 4) is 22.4 Å². The van der Waals surface area contributed by atoms with Crippen LogP contribution in [0.4, 0.5) is 5.13 Å². The fourth-order valence-electron chi connectivity index (χ4n) is 3.64. The van der Waals surface area contributed by atoms with Crippen LogP contribution in [0, 0.1) is 0 Å². The normalized spacial score (nSPS) is 11.0. The zero-order chi connectivity index (χ0) is 21.9. The molecule has 1 amide bonds. The molecule has 5 rings (SSSR count). The summed E-state index contributed by atoms with van der Waals surface area (Å²) >= 11 is 3.09. The molecule has 0 aliphatic carbocycles. The molecule has 6 heteroatoms. The van der Waals surface area contributed by atoms with Gasteiger partial charge in [-0.05, 0) is 35.7 Å². The summed E-state index contributed by atoms with van der Waals surface area (Å²) in [5.74, 6) is -0.150. The Morgan fingerprint density at radius 3 is 2.47 bits per heavy atom. The standard InChI is InChI=1S/C26H21N3OS2/c1-2-6-22-24(19-11-9-18(10-12-19)17-7-4-3-5-8-17)28-26(32-22)29-25(30)20-13-14-21-23(15-20)31-16-27-21/h3-5,7-16H,2,6H2,1H3,(H,28,29,30). The summed E-state index contributed by atoms with van der Waals surface area (Å²) in [7, 11) is 0. The maximum absolute atomic E-state index is 12.8. The van der Waals surface area contributed by atoms with Gasteiger partial charge >= 0.3 is 0 Å². The predicted octanol–water partition coefficient (Wildman–Crippen LogP) is 7.29. The van der Waals surface area contributed by atoms with Crippen molar-refractivity contribution in [2.24, 2.45) is 0 Å². The van der Waals surface area contributed by atoms with Gasteiger partial charge < -0.3 is 0 Å². The molecule has 0 unspecified atom stereocenters. The number of anilines is 1. The van der Waals surface area contributed by atoms with Crippen molar-refractivity contribution in [2.45, 2.75) is 19.8 Å². The van der Waals surface area contributed by atoms with Gasteiger partial charge in [-0.1, -0.05) is 67.9 Å². The lowest BCUT2D eigenvalue weighted by Gasteiger charge is -2.05.